The second kappa shape index (κ2) is 9.94. The first-order chi connectivity index (χ1) is 14.9. The molecule has 1 N–H and O–H groups in total. The van der Waals surface area contributed by atoms with Crippen molar-refractivity contribution in [3.05, 3.63) is 65.0 Å². The van der Waals surface area contributed by atoms with E-state index in [0.29, 0.717) is 16.1 Å². The van der Waals surface area contributed by atoms with Crippen LogP contribution in [0.15, 0.2) is 54.6 Å². The Kier molecular flexibility index (Phi) is 7.09. The van der Waals surface area contributed by atoms with Crippen LogP contribution in [-0.4, -0.2) is 30.4 Å². The maximum Gasteiger partial charge on any atom is 0.387 e. The van der Waals surface area contributed by atoms with Gasteiger partial charge in [-0.25, -0.2) is 4.98 Å². The molecule has 6 nitrogen and oxygen atoms in total. The first-order valence-corrected chi connectivity index (χ1v) is 9.88. The van der Waals surface area contributed by atoms with Gasteiger partial charge in [-0.1, -0.05) is 47.7 Å². The Morgan fingerprint density at radius 3 is 2.52 bits per heavy atom. The van der Waals surface area contributed by atoms with Crippen molar-refractivity contribution in [1.82, 2.24) is 4.98 Å². The number of halogens is 2. The molecule has 0 unspecified atom stereocenters. The van der Waals surface area contributed by atoms with Crippen molar-refractivity contribution in [3.63, 3.8) is 0 Å². The average molecular weight is 444 g/mol. The van der Waals surface area contributed by atoms with E-state index in [-0.39, 0.29) is 22.4 Å². The number of thiazole rings is 1. The quantitative estimate of drug-likeness (QED) is 0.378. The van der Waals surface area contributed by atoms with Crippen molar-refractivity contribution < 1.29 is 27.8 Å². The number of nitrogens with zero attached hydrogens (tertiary/aromatic N) is 1. The molecule has 0 aliphatic heterocycles. The summed E-state index contributed by atoms with van der Waals surface area (Å²) in [5.41, 5.74) is 1.83. The van der Waals surface area contributed by atoms with Gasteiger partial charge in [0.25, 0.3) is 0 Å². The Morgan fingerprint density at radius 2 is 1.87 bits per heavy atom. The summed E-state index contributed by atoms with van der Waals surface area (Å²) in [6.45, 7) is -1.53. The van der Waals surface area contributed by atoms with Gasteiger partial charge >= 0.3 is 6.61 Å². The zero-order valence-corrected chi connectivity index (χ0v) is 17.4. The fourth-order valence-corrected chi connectivity index (χ4v) is 3.59. The van der Waals surface area contributed by atoms with Crippen LogP contribution >= 0.6 is 11.3 Å². The first-order valence-electron chi connectivity index (χ1n) is 9.06. The Bertz CT molecular complexity index is 1110. The van der Waals surface area contributed by atoms with Gasteiger partial charge in [-0.05, 0) is 23.8 Å². The molecule has 3 aromatic rings. The molecule has 3 rings (SSSR count). The highest BCUT2D eigenvalue weighted by Crippen LogP contribution is 2.32. The number of carbonyl (C=O) groups excluding carboxylic acids is 2. The van der Waals surface area contributed by atoms with Gasteiger partial charge in [-0.15, -0.1) is 0 Å². The zero-order valence-electron chi connectivity index (χ0n) is 16.6. The molecule has 160 valence electrons. The molecule has 0 aliphatic rings. The van der Waals surface area contributed by atoms with E-state index in [9.17, 15) is 18.4 Å². The molecule has 31 heavy (non-hydrogen) atoms. The van der Waals surface area contributed by atoms with Crippen LogP contribution in [0.1, 0.15) is 22.2 Å². The number of nitrogens with one attached hydrogen (secondary N) is 1. The fourth-order valence-electron chi connectivity index (χ4n) is 2.70. The Balaban J connectivity index is 1.75. The van der Waals surface area contributed by atoms with Crippen molar-refractivity contribution in [2.24, 2.45) is 0 Å². The maximum atomic E-state index is 12.4. The molecule has 0 saturated carbocycles. The lowest BCUT2D eigenvalue weighted by Crippen LogP contribution is -2.07. The van der Waals surface area contributed by atoms with E-state index in [1.807, 2.05) is 30.3 Å². The number of aromatic nitrogens is 1. The first kappa shape index (κ1) is 22.1. The molecule has 0 radical (unpaired) electrons. The third-order valence-corrected chi connectivity index (χ3v) is 5.13. The molecule has 1 aromatic heterocycles. The number of methoxy groups -OCH3 is 1. The summed E-state index contributed by atoms with van der Waals surface area (Å²) in [6, 6.07) is 13.5. The minimum Gasteiger partial charge on any atom is -0.493 e. The van der Waals surface area contributed by atoms with Gasteiger partial charge in [-0.3, -0.25) is 14.9 Å². The summed E-state index contributed by atoms with van der Waals surface area (Å²) in [4.78, 5) is 29.1. The number of rotatable bonds is 8. The van der Waals surface area contributed by atoms with Crippen LogP contribution in [0, 0.1) is 0 Å². The van der Waals surface area contributed by atoms with E-state index in [4.69, 9.17) is 4.74 Å². The molecule has 0 aliphatic carbocycles. The van der Waals surface area contributed by atoms with E-state index >= 15 is 0 Å². The number of hydrogen-bond acceptors (Lipinski definition) is 6. The SMILES string of the molecule is COc1cc(/C=C/C(=O)Nc2nc(-c3ccccc3)c(C(C)=O)s2)ccc1OC(F)F. The normalized spacial score (nSPS) is 11.0. The van der Waals surface area contributed by atoms with Crippen LogP contribution in [0.5, 0.6) is 11.5 Å². The molecule has 0 spiro atoms. The van der Waals surface area contributed by atoms with E-state index in [0.717, 1.165) is 16.9 Å². The van der Waals surface area contributed by atoms with Crippen LogP contribution in [0.25, 0.3) is 17.3 Å². The molecule has 1 amide bonds. The molecule has 1 heterocycles. The van der Waals surface area contributed by atoms with Gasteiger partial charge in [0, 0.05) is 18.6 Å². The Labute approximate surface area is 181 Å². The number of Topliss-reactive ketones (excluding diaryl/α,β-unsaturated/α-hetero) is 1. The highest BCUT2D eigenvalue weighted by molar-refractivity contribution is 7.18. The largest absolute Gasteiger partial charge is 0.493 e. The minimum atomic E-state index is -2.97. The molecule has 9 heteroatoms. The molecule has 0 saturated heterocycles. The summed E-state index contributed by atoms with van der Waals surface area (Å²) in [7, 11) is 1.33. The number of carbonyl (C=O) groups is 2. The summed E-state index contributed by atoms with van der Waals surface area (Å²) in [5, 5.41) is 2.93. The number of anilines is 1. The lowest BCUT2D eigenvalue weighted by atomic mass is 10.1. The summed E-state index contributed by atoms with van der Waals surface area (Å²) in [5.74, 6) is -0.602. The van der Waals surface area contributed by atoms with Gasteiger partial charge < -0.3 is 9.47 Å². The van der Waals surface area contributed by atoms with Crippen LogP contribution in [0.4, 0.5) is 13.9 Å². The van der Waals surface area contributed by atoms with Crippen molar-refractivity contribution in [2.45, 2.75) is 13.5 Å². The number of amides is 1. The van der Waals surface area contributed by atoms with Gasteiger partial charge in [0.2, 0.25) is 5.91 Å². The number of ether oxygens (including phenoxy) is 2. The Hall–Kier alpha value is -3.59. The van der Waals surface area contributed by atoms with Gasteiger partial charge in [-0.2, -0.15) is 8.78 Å². The lowest BCUT2D eigenvalue weighted by molar-refractivity contribution is -0.111. The topological polar surface area (TPSA) is 77.5 Å². The van der Waals surface area contributed by atoms with Gasteiger partial charge in [0.15, 0.2) is 22.4 Å². The summed E-state index contributed by atoms with van der Waals surface area (Å²) >= 11 is 1.09. The van der Waals surface area contributed by atoms with E-state index in [2.05, 4.69) is 15.0 Å². The summed E-state index contributed by atoms with van der Waals surface area (Å²) in [6.07, 6.45) is 2.75. The second-order valence-corrected chi connectivity index (χ2v) is 7.23. The van der Waals surface area contributed by atoms with Crippen LogP contribution in [0.3, 0.4) is 0 Å². The third-order valence-electron chi connectivity index (χ3n) is 4.06. The van der Waals surface area contributed by atoms with Crippen molar-refractivity contribution >= 4 is 34.2 Å². The third kappa shape index (κ3) is 5.73. The number of hydrogen-bond donors (Lipinski definition) is 1. The van der Waals surface area contributed by atoms with Crippen molar-refractivity contribution in [3.8, 4) is 22.8 Å². The maximum absolute atomic E-state index is 12.4. The van der Waals surface area contributed by atoms with Gasteiger partial charge in [0.05, 0.1) is 17.7 Å². The lowest BCUT2D eigenvalue weighted by Gasteiger charge is -2.10. The predicted octanol–water partition coefficient (Wildman–Crippen LogP) is 5.27. The average Bonchev–Trinajstić information content (AvgIpc) is 3.17. The summed E-state index contributed by atoms with van der Waals surface area (Å²) < 4.78 is 34.2. The molecule has 0 bridgehead atoms. The van der Waals surface area contributed by atoms with Crippen molar-refractivity contribution in [2.75, 3.05) is 12.4 Å². The molecular formula is C22H18F2N2O4S. The zero-order chi connectivity index (χ0) is 22.4. The minimum absolute atomic E-state index is 0.105. The number of ketones is 1. The molecule has 0 fully saturated rings. The second-order valence-electron chi connectivity index (χ2n) is 6.23. The van der Waals surface area contributed by atoms with E-state index in [1.54, 1.807) is 0 Å². The van der Waals surface area contributed by atoms with Crippen molar-refractivity contribution in [1.29, 1.82) is 0 Å². The standard InChI is InChI=1S/C22H18F2N2O4S/c1-13(27)20-19(15-6-4-3-5-7-15)26-22(31-20)25-18(28)11-9-14-8-10-16(30-21(23)24)17(12-14)29-2/h3-12,21H,1-2H3,(H,25,26,28)/b11-9+. The monoisotopic (exact) mass is 444 g/mol. The Morgan fingerprint density at radius 1 is 1.13 bits per heavy atom. The van der Waals surface area contributed by atoms with Gasteiger partial charge in [0.1, 0.15) is 0 Å². The number of benzene rings is 2. The fraction of sp³-hybridized carbons (Fsp3) is 0.136. The van der Waals surface area contributed by atoms with E-state index in [1.165, 1.54) is 44.4 Å². The molecule has 2 aromatic carbocycles. The highest BCUT2D eigenvalue weighted by atomic mass is 32.1. The highest BCUT2D eigenvalue weighted by Gasteiger charge is 2.17. The van der Waals surface area contributed by atoms with Crippen LogP contribution in [-0.2, 0) is 4.79 Å². The predicted molar refractivity (Wildman–Crippen MR) is 115 cm³/mol. The number of alkyl halides is 2. The van der Waals surface area contributed by atoms with E-state index < -0.39 is 12.5 Å². The molecule has 0 atom stereocenters. The smallest absolute Gasteiger partial charge is 0.387 e. The van der Waals surface area contributed by atoms with Crippen LogP contribution < -0.4 is 14.8 Å². The molecular weight excluding hydrogens is 426 g/mol. The van der Waals surface area contributed by atoms with Crippen LogP contribution in [0.2, 0.25) is 0 Å².